The monoisotopic (exact) mass is 893 g/mol. The summed E-state index contributed by atoms with van der Waals surface area (Å²) < 4.78 is 118. The summed E-state index contributed by atoms with van der Waals surface area (Å²) in [4.78, 5) is 22.0. The quantitative estimate of drug-likeness (QED) is 0.0683. The number of aromatic hydroxyl groups is 1. The lowest BCUT2D eigenvalue weighted by atomic mass is 10.2. The first-order chi connectivity index (χ1) is 22.7. The largest absolute Gasteiger partial charge is 0.508 e. The molecule has 0 spiro atoms. The lowest BCUT2D eigenvalue weighted by Crippen LogP contribution is -2.13. The molecule has 0 heterocycles. The Hall–Kier alpha value is -4.21. The van der Waals surface area contributed by atoms with Gasteiger partial charge in [0.2, 0.25) is 9.23 Å². The van der Waals surface area contributed by atoms with E-state index < -0.39 is 101 Å². The van der Waals surface area contributed by atoms with Crippen molar-refractivity contribution in [2.45, 2.75) is 0 Å². The number of ether oxygens (including phenoxy) is 1. The number of halogens is 12. The number of carbonyl (C=O) groups is 2. The van der Waals surface area contributed by atoms with Crippen LogP contribution >= 0.6 is 53.2 Å². The molecule has 4 aromatic carbocycles. The normalized spacial score (nSPS) is 9.58. The predicted octanol–water partition coefficient (Wildman–Crippen LogP) is 8.73. The zero-order chi connectivity index (χ0) is 37.7. The summed E-state index contributed by atoms with van der Waals surface area (Å²) in [5.74, 6) is -13.4. The number of nitriles is 2. The van der Waals surface area contributed by atoms with Crippen LogP contribution in [0.15, 0.2) is 57.5 Å². The van der Waals surface area contributed by atoms with Crippen LogP contribution < -0.4 is 4.74 Å². The molecule has 4 aromatic rings. The topological polar surface area (TPSA) is 148 Å². The van der Waals surface area contributed by atoms with Crippen LogP contribution in [0.3, 0.4) is 0 Å². The lowest BCUT2D eigenvalue weighted by molar-refractivity contribution is 0.0683. The van der Waals surface area contributed by atoms with Crippen molar-refractivity contribution in [3.8, 4) is 23.6 Å². The third-order valence-electron chi connectivity index (χ3n) is 4.91. The Kier molecular flexibility index (Phi) is 19.3. The van der Waals surface area contributed by atoms with Gasteiger partial charge < -0.3 is 14.9 Å². The number of phenolic OH excluding ortho intramolecular Hbond substituents is 1. The zero-order valence-corrected chi connectivity index (χ0v) is 29.1. The van der Waals surface area contributed by atoms with E-state index in [1.807, 2.05) is 0 Å². The van der Waals surface area contributed by atoms with E-state index in [0.717, 1.165) is 24.3 Å². The summed E-state index contributed by atoms with van der Waals surface area (Å²) in [7, 11) is 7.36. The maximum Gasteiger partial charge on any atom is 0.349 e. The number of phenols is 1. The minimum Gasteiger partial charge on any atom is -0.508 e. The van der Waals surface area contributed by atoms with Gasteiger partial charge in [-0.05, 0) is 24.3 Å². The van der Waals surface area contributed by atoms with Crippen molar-refractivity contribution >= 4 is 82.8 Å². The first-order valence-corrected chi connectivity index (χ1v) is 16.1. The fraction of sp³-hybridized carbons (Fsp3) is 0. The number of hydrogen-bond donors (Lipinski definition) is 2. The molecule has 0 unspecified atom stereocenters. The van der Waals surface area contributed by atoms with Gasteiger partial charge in [-0.3, -0.25) is 0 Å². The molecule has 50 heavy (non-hydrogen) atoms. The average molecular weight is 896 g/mol. The maximum absolute atomic E-state index is 13.6. The van der Waals surface area contributed by atoms with Crippen LogP contribution in [0.4, 0.5) is 35.1 Å². The van der Waals surface area contributed by atoms with Crippen molar-refractivity contribution in [3.05, 3.63) is 126 Å². The molecular weight excluding hydrogens is 886 g/mol. The Morgan fingerprint density at radius 1 is 0.660 bits per heavy atom. The molecule has 8 nitrogen and oxygen atoms in total. The number of rotatable bonds is 3. The van der Waals surface area contributed by atoms with E-state index in [9.17, 15) is 44.7 Å². The number of carboxylic acids is 1. The van der Waals surface area contributed by atoms with Crippen molar-refractivity contribution in [1.82, 2.24) is 0 Å². The maximum atomic E-state index is 13.6. The van der Waals surface area contributed by atoms with Gasteiger partial charge >= 0.3 is 11.9 Å². The van der Waals surface area contributed by atoms with Crippen LogP contribution in [0.25, 0.3) is 0 Å². The van der Waals surface area contributed by atoms with Gasteiger partial charge in [-0.15, -0.1) is 0 Å². The molecule has 0 atom stereocenters. The molecule has 0 amide bonds. The Morgan fingerprint density at radius 3 is 1.26 bits per heavy atom. The number of esters is 1. The second-order valence-electron chi connectivity index (χ2n) is 8.14. The highest BCUT2D eigenvalue weighted by molar-refractivity contribution is 9.10. The molecule has 0 aliphatic heterocycles. The Morgan fingerprint density at radius 2 is 0.960 bits per heavy atom. The van der Waals surface area contributed by atoms with Gasteiger partial charge in [0.15, 0.2) is 0 Å². The SMILES string of the molecule is N#Cc1c(F)cc(O)cc1F.N#Cc1c(F)cc(OC(=O)c2c(F)cc(Br)cc2F)cc1F.O=C(O)c1c(F)cc(Br)cc1F.O=S(Cl)Cl.[B]. The van der Waals surface area contributed by atoms with Gasteiger partial charge in [0.05, 0.1) is 0 Å². The van der Waals surface area contributed by atoms with E-state index in [1.165, 1.54) is 12.1 Å². The fourth-order valence-electron chi connectivity index (χ4n) is 3.02. The molecular formula is C28H10BBr2Cl2F8N2O6S. The van der Waals surface area contributed by atoms with Crippen LogP contribution in [0.2, 0.25) is 0 Å². The second kappa shape index (κ2) is 21.1. The smallest absolute Gasteiger partial charge is 0.349 e. The molecule has 0 aliphatic rings. The van der Waals surface area contributed by atoms with E-state index in [2.05, 4.69) is 58.0 Å². The first-order valence-electron chi connectivity index (χ1n) is 11.7. The number of hydrogen-bond acceptors (Lipinski definition) is 7. The van der Waals surface area contributed by atoms with E-state index in [0.29, 0.717) is 24.3 Å². The summed E-state index contributed by atoms with van der Waals surface area (Å²) in [5, 5.41) is 33.7. The molecule has 0 saturated heterocycles. The molecule has 4 rings (SSSR count). The molecule has 261 valence electrons. The van der Waals surface area contributed by atoms with Gasteiger partial charge in [0.25, 0.3) is 0 Å². The highest BCUT2D eigenvalue weighted by Gasteiger charge is 2.22. The number of carbonyl (C=O) groups excluding carboxylic acids is 1. The number of carboxylic acid groups (broad SMARTS) is 1. The zero-order valence-electron chi connectivity index (χ0n) is 23.6. The number of nitrogens with zero attached hydrogens (tertiary/aromatic N) is 2. The van der Waals surface area contributed by atoms with Crippen LogP contribution in [0.1, 0.15) is 31.8 Å². The molecule has 0 aromatic heterocycles. The molecule has 3 radical (unpaired) electrons. The Labute approximate surface area is 305 Å². The minimum absolute atomic E-state index is 0. The summed E-state index contributed by atoms with van der Waals surface area (Å²) in [6.45, 7) is 0. The molecule has 0 aliphatic carbocycles. The fourth-order valence-corrected chi connectivity index (χ4v) is 3.83. The molecule has 0 saturated carbocycles. The first kappa shape index (κ1) is 45.8. The molecule has 0 fully saturated rings. The van der Waals surface area contributed by atoms with Crippen molar-refractivity contribution in [2.75, 3.05) is 0 Å². The van der Waals surface area contributed by atoms with Crippen molar-refractivity contribution in [3.63, 3.8) is 0 Å². The van der Waals surface area contributed by atoms with Crippen LogP contribution in [-0.2, 0) is 9.23 Å². The Balaban J connectivity index is 0.000000727. The van der Waals surface area contributed by atoms with Gasteiger partial charge in [-0.25, -0.2) is 48.9 Å². The van der Waals surface area contributed by atoms with Crippen molar-refractivity contribution < 1.29 is 63.9 Å². The third kappa shape index (κ3) is 14.0. The van der Waals surface area contributed by atoms with Crippen LogP contribution in [0.5, 0.6) is 11.5 Å². The van der Waals surface area contributed by atoms with Gasteiger partial charge in [0.1, 0.15) is 92.4 Å². The number of benzene rings is 4. The van der Waals surface area contributed by atoms with Crippen molar-refractivity contribution in [1.29, 1.82) is 10.5 Å². The number of aromatic carboxylic acids is 1. The highest BCUT2D eigenvalue weighted by atomic mass is 79.9. The van der Waals surface area contributed by atoms with Crippen molar-refractivity contribution in [2.24, 2.45) is 0 Å². The van der Waals surface area contributed by atoms with Crippen LogP contribution in [-0.4, -0.2) is 34.8 Å². The summed E-state index contributed by atoms with van der Waals surface area (Å²) in [5.41, 5.74) is -3.48. The van der Waals surface area contributed by atoms with Gasteiger partial charge in [-0.1, -0.05) is 31.9 Å². The van der Waals surface area contributed by atoms with E-state index in [4.69, 9.17) is 24.9 Å². The van der Waals surface area contributed by atoms with Gasteiger partial charge in [0, 0.05) is 63.0 Å². The van der Waals surface area contributed by atoms with E-state index in [-0.39, 0.29) is 17.4 Å². The second-order valence-corrected chi connectivity index (χ2v) is 12.5. The lowest BCUT2D eigenvalue weighted by Gasteiger charge is -2.07. The molecule has 22 heteroatoms. The minimum atomic E-state index is -1.67. The Bertz CT molecular complexity index is 1930. The summed E-state index contributed by atoms with van der Waals surface area (Å²) in [6, 6.07) is 8.56. The standard InChI is InChI=1S/C14H4BrF4NO2.C7H3BrF2O2.C7H3F2NO.B.Cl2OS/c15-6-1-11(18)13(12(19)2-6)14(21)22-7-3-9(16)8(5-20)10(17)4-7;8-3-1-4(9)6(7(11)12)5(10)2-3;8-6-1-4(11)2-7(9)5(6)3-10;;1-4(2)3/h1-4H;1-2H,(H,11,12);1-2,11H;;. The highest BCUT2D eigenvalue weighted by Crippen LogP contribution is 2.24. The average Bonchev–Trinajstić information content (AvgIpc) is 2.91. The summed E-state index contributed by atoms with van der Waals surface area (Å²) in [6.07, 6.45) is 0. The van der Waals surface area contributed by atoms with Crippen LogP contribution in [0, 0.1) is 69.2 Å². The predicted molar refractivity (Wildman–Crippen MR) is 169 cm³/mol. The van der Waals surface area contributed by atoms with Gasteiger partial charge in [-0.2, -0.15) is 10.5 Å². The molecule has 2 N–H and O–H groups in total. The summed E-state index contributed by atoms with van der Waals surface area (Å²) >= 11 is 5.66. The van der Waals surface area contributed by atoms with E-state index in [1.54, 1.807) is 0 Å². The molecule has 0 bridgehead atoms. The van der Waals surface area contributed by atoms with E-state index >= 15 is 0 Å². The third-order valence-corrected chi connectivity index (χ3v) is 5.82.